The van der Waals surface area contributed by atoms with E-state index in [2.05, 4.69) is 21.3 Å². The van der Waals surface area contributed by atoms with Crippen molar-refractivity contribution in [2.75, 3.05) is 13.7 Å². The number of hydrogen-bond donors (Lipinski definition) is 0. The Morgan fingerprint density at radius 1 is 1.28 bits per heavy atom. The maximum Gasteiger partial charge on any atom is 0.166 e. The van der Waals surface area contributed by atoms with Gasteiger partial charge >= 0.3 is 0 Å². The molecule has 32 heavy (non-hydrogen) atoms. The topological polar surface area (TPSA) is 90.8 Å². The van der Waals surface area contributed by atoms with Crippen molar-refractivity contribution in [1.82, 2.24) is 24.3 Å². The first-order valence-corrected chi connectivity index (χ1v) is 9.94. The van der Waals surface area contributed by atoms with Gasteiger partial charge in [-0.15, -0.1) is 10.2 Å². The lowest BCUT2D eigenvalue weighted by atomic mass is 10.1. The van der Waals surface area contributed by atoms with E-state index in [1.807, 2.05) is 27.3 Å². The molecule has 1 aliphatic carbocycles. The van der Waals surface area contributed by atoms with Crippen molar-refractivity contribution in [3.63, 3.8) is 0 Å². The summed E-state index contributed by atoms with van der Waals surface area (Å²) in [5.74, 6) is 1.01. The molecule has 0 N–H and O–H groups in total. The molecule has 1 aromatic carbocycles. The van der Waals surface area contributed by atoms with Crippen LogP contribution in [0.4, 0.5) is 8.78 Å². The predicted octanol–water partition coefficient (Wildman–Crippen LogP) is 3.41. The van der Waals surface area contributed by atoms with Gasteiger partial charge in [0.25, 0.3) is 0 Å². The zero-order valence-corrected chi connectivity index (χ0v) is 17.1. The molecule has 1 unspecified atom stereocenters. The first-order chi connectivity index (χ1) is 15.6. The third-order valence-corrected chi connectivity index (χ3v) is 5.52. The van der Waals surface area contributed by atoms with Crippen LogP contribution in [0.15, 0.2) is 48.1 Å². The number of ether oxygens (including phenoxy) is 2. The van der Waals surface area contributed by atoms with Gasteiger partial charge in [-0.25, -0.2) is 13.8 Å². The average Bonchev–Trinajstić information content (AvgIpc) is 3.37. The van der Waals surface area contributed by atoms with Gasteiger partial charge in [0.2, 0.25) is 0 Å². The maximum absolute atomic E-state index is 13.5. The quantitative estimate of drug-likeness (QED) is 0.476. The van der Waals surface area contributed by atoms with Gasteiger partial charge in [-0.2, -0.15) is 5.26 Å². The summed E-state index contributed by atoms with van der Waals surface area (Å²) >= 11 is 0. The number of nitrogens with zero attached hydrogens (tertiary/aromatic N) is 6. The van der Waals surface area contributed by atoms with Crippen LogP contribution < -0.4 is 4.74 Å². The first kappa shape index (κ1) is 20.1. The lowest BCUT2D eigenvalue weighted by molar-refractivity contribution is 0.134. The molecule has 0 amide bonds. The van der Waals surface area contributed by atoms with Crippen molar-refractivity contribution in [2.45, 2.75) is 25.7 Å². The fourth-order valence-corrected chi connectivity index (χ4v) is 3.87. The van der Waals surface area contributed by atoms with Crippen LogP contribution in [0, 0.1) is 11.3 Å². The second-order valence-electron chi connectivity index (χ2n) is 7.44. The van der Waals surface area contributed by atoms with Crippen LogP contribution in [0.25, 0.3) is 17.1 Å². The van der Waals surface area contributed by atoms with E-state index in [1.165, 1.54) is 6.08 Å². The molecule has 162 valence electrons. The first-order valence-electron chi connectivity index (χ1n) is 9.94. The summed E-state index contributed by atoms with van der Waals surface area (Å²) in [7, 11) is 1.58. The number of aromatic nitrogens is 5. The van der Waals surface area contributed by atoms with Gasteiger partial charge < -0.3 is 14.0 Å². The number of alkyl halides is 1. The second-order valence-corrected chi connectivity index (χ2v) is 7.44. The fourth-order valence-electron chi connectivity index (χ4n) is 3.87. The number of halogens is 2. The summed E-state index contributed by atoms with van der Waals surface area (Å²) in [6.07, 6.45) is 2.82. The minimum Gasteiger partial charge on any atom is -0.497 e. The standard InChI is InChI=1S/C22H18F2N6O2/c1-31-14-3-5-19-15(7-14)22-28-27-21(11-32-10-13-2-4-16(23)17(24)6-13)29(22)9-20-18(8-25)26-12-30(19)20/h2-3,5-7,12,16H,4,9-11H2,1H3. The van der Waals surface area contributed by atoms with Gasteiger partial charge in [-0.05, 0) is 29.8 Å². The Bertz CT molecular complexity index is 1300. The van der Waals surface area contributed by atoms with Crippen molar-refractivity contribution in [2.24, 2.45) is 0 Å². The third kappa shape index (κ3) is 3.36. The number of allylic oxidation sites excluding steroid dienone is 2. The van der Waals surface area contributed by atoms with Crippen LogP contribution in [0.2, 0.25) is 0 Å². The molecule has 0 fully saturated rings. The van der Waals surface area contributed by atoms with E-state index in [0.717, 1.165) is 11.3 Å². The number of benzene rings is 1. The van der Waals surface area contributed by atoms with Crippen molar-refractivity contribution in [3.05, 3.63) is 65.3 Å². The van der Waals surface area contributed by atoms with Crippen molar-refractivity contribution < 1.29 is 18.3 Å². The smallest absolute Gasteiger partial charge is 0.166 e. The molecule has 2 aliphatic rings. The van der Waals surface area contributed by atoms with E-state index in [-0.39, 0.29) is 19.6 Å². The van der Waals surface area contributed by atoms with E-state index in [1.54, 1.807) is 19.5 Å². The summed E-state index contributed by atoms with van der Waals surface area (Å²) in [5.41, 5.74) is 3.17. The molecule has 0 saturated carbocycles. The predicted molar refractivity (Wildman–Crippen MR) is 109 cm³/mol. The van der Waals surface area contributed by atoms with Crippen LogP contribution in [0.5, 0.6) is 5.75 Å². The van der Waals surface area contributed by atoms with Crippen molar-refractivity contribution >= 4 is 0 Å². The molecule has 1 atom stereocenters. The number of rotatable bonds is 5. The summed E-state index contributed by atoms with van der Waals surface area (Å²) < 4.78 is 41.6. The fraction of sp³-hybridized carbons (Fsp3) is 0.273. The minimum absolute atomic E-state index is 0.000893. The van der Waals surface area contributed by atoms with Gasteiger partial charge in [0.05, 0.1) is 31.6 Å². The van der Waals surface area contributed by atoms with Gasteiger partial charge in [0.15, 0.2) is 23.5 Å². The third-order valence-electron chi connectivity index (χ3n) is 5.52. The summed E-state index contributed by atoms with van der Waals surface area (Å²) in [6.45, 7) is 0.546. The Morgan fingerprint density at radius 2 is 2.16 bits per heavy atom. The van der Waals surface area contributed by atoms with E-state index in [0.29, 0.717) is 40.9 Å². The largest absolute Gasteiger partial charge is 0.497 e. The molecule has 8 nitrogen and oxygen atoms in total. The van der Waals surface area contributed by atoms with Gasteiger partial charge in [0, 0.05) is 12.0 Å². The molecular formula is C22H18F2N6O2. The highest BCUT2D eigenvalue weighted by molar-refractivity contribution is 5.71. The van der Waals surface area contributed by atoms with E-state index >= 15 is 0 Å². The summed E-state index contributed by atoms with van der Waals surface area (Å²) in [5, 5.41) is 18.2. The molecule has 0 spiro atoms. The Labute approximate surface area is 182 Å². The summed E-state index contributed by atoms with van der Waals surface area (Å²) in [6, 6.07) is 7.70. The highest BCUT2D eigenvalue weighted by Crippen LogP contribution is 2.34. The van der Waals surface area contributed by atoms with Gasteiger partial charge in [0.1, 0.15) is 30.6 Å². The SMILES string of the molecule is COc1ccc2c(c1)-c1nnc(COCC3=CCC(F)C(F)=C3)n1Cc1c(C#N)ncn1-2. The number of nitriles is 1. The number of hydrogen-bond acceptors (Lipinski definition) is 6. The molecule has 2 aromatic heterocycles. The lowest BCUT2D eigenvalue weighted by Gasteiger charge is -2.13. The Kier molecular flexibility index (Phi) is 5.03. The molecule has 1 aliphatic heterocycles. The van der Waals surface area contributed by atoms with Gasteiger partial charge in [-0.1, -0.05) is 6.08 Å². The average molecular weight is 436 g/mol. The van der Waals surface area contributed by atoms with Gasteiger partial charge in [-0.3, -0.25) is 4.57 Å². The molecule has 0 radical (unpaired) electrons. The molecule has 3 aromatic rings. The number of fused-ring (bicyclic) bond motifs is 5. The van der Waals surface area contributed by atoms with E-state index in [9.17, 15) is 14.0 Å². The maximum atomic E-state index is 13.5. The molecule has 0 bridgehead atoms. The summed E-state index contributed by atoms with van der Waals surface area (Å²) in [4.78, 5) is 4.23. The lowest BCUT2D eigenvalue weighted by Crippen LogP contribution is -2.11. The normalized spacial score (nSPS) is 16.8. The van der Waals surface area contributed by atoms with Crippen molar-refractivity contribution in [3.8, 4) is 28.9 Å². The zero-order valence-electron chi connectivity index (χ0n) is 17.1. The molecule has 0 saturated heterocycles. The van der Waals surface area contributed by atoms with E-state index in [4.69, 9.17) is 9.47 Å². The van der Waals surface area contributed by atoms with Crippen LogP contribution in [-0.2, 0) is 17.9 Å². The number of imidazole rings is 1. The highest BCUT2D eigenvalue weighted by atomic mass is 19.2. The molecular weight excluding hydrogens is 418 g/mol. The molecule has 5 rings (SSSR count). The number of methoxy groups -OCH3 is 1. The van der Waals surface area contributed by atoms with Crippen LogP contribution >= 0.6 is 0 Å². The van der Waals surface area contributed by atoms with Crippen LogP contribution in [0.3, 0.4) is 0 Å². The Balaban J connectivity index is 1.48. The highest BCUT2D eigenvalue weighted by Gasteiger charge is 2.26. The van der Waals surface area contributed by atoms with Crippen LogP contribution in [-0.4, -0.2) is 44.2 Å². The molecule has 3 heterocycles. The second kappa shape index (κ2) is 8.01. The Morgan fingerprint density at radius 3 is 2.94 bits per heavy atom. The van der Waals surface area contributed by atoms with Crippen LogP contribution in [0.1, 0.15) is 23.6 Å². The Hall–Kier alpha value is -3.84. The minimum atomic E-state index is -1.58. The molecule has 10 heteroatoms. The monoisotopic (exact) mass is 436 g/mol. The zero-order chi connectivity index (χ0) is 22.2. The van der Waals surface area contributed by atoms with E-state index < -0.39 is 12.0 Å². The van der Waals surface area contributed by atoms with Crippen molar-refractivity contribution in [1.29, 1.82) is 5.26 Å².